The summed E-state index contributed by atoms with van der Waals surface area (Å²) in [5.41, 5.74) is 3.37. The Labute approximate surface area is 160 Å². The van der Waals surface area contributed by atoms with Crippen LogP contribution in [0.25, 0.3) is 0 Å². The maximum absolute atomic E-state index is 11.9. The second kappa shape index (κ2) is 10.3. The van der Waals surface area contributed by atoms with Crippen LogP contribution in [-0.2, 0) is 12.8 Å². The van der Waals surface area contributed by atoms with Gasteiger partial charge in [0.1, 0.15) is 5.75 Å². The van der Waals surface area contributed by atoms with E-state index in [0.717, 1.165) is 35.3 Å². The van der Waals surface area contributed by atoms with Gasteiger partial charge in [-0.1, -0.05) is 12.1 Å². The number of carbonyl (C=O) groups is 1. The Morgan fingerprint density at radius 2 is 1.44 bits per heavy atom. The lowest BCUT2D eigenvalue weighted by Crippen LogP contribution is -2.37. The number of amides is 2. The highest BCUT2D eigenvalue weighted by molar-refractivity contribution is 5.73. The first-order chi connectivity index (χ1) is 13.1. The lowest BCUT2D eigenvalue weighted by Gasteiger charge is -2.13. The molecule has 0 atom stereocenters. The van der Waals surface area contributed by atoms with Crippen molar-refractivity contribution in [2.24, 2.45) is 0 Å². The fraction of sp³-hybridized carbons (Fsp3) is 0.381. The first-order valence-corrected chi connectivity index (χ1v) is 8.93. The minimum Gasteiger partial charge on any atom is -0.497 e. The largest absolute Gasteiger partial charge is 0.497 e. The van der Waals surface area contributed by atoms with Crippen LogP contribution in [0, 0.1) is 6.92 Å². The van der Waals surface area contributed by atoms with Crippen LogP contribution in [0.5, 0.6) is 17.2 Å². The molecule has 0 unspecified atom stereocenters. The van der Waals surface area contributed by atoms with Gasteiger partial charge in [-0.05, 0) is 60.7 Å². The van der Waals surface area contributed by atoms with Crippen molar-refractivity contribution in [3.63, 3.8) is 0 Å². The molecule has 2 N–H and O–H groups in total. The second-order valence-electron chi connectivity index (χ2n) is 6.16. The van der Waals surface area contributed by atoms with E-state index in [1.165, 1.54) is 0 Å². The van der Waals surface area contributed by atoms with Crippen molar-refractivity contribution in [2.45, 2.75) is 19.8 Å². The molecule has 0 aromatic heterocycles. The highest BCUT2D eigenvalue weighted by Gasteiger charge is 2.09. The van der Waals surface area contributed by atoms with E-state index >= 15 is 0 Å². The van der Waals surface area contributed by atoms with Crippen LogP contribution in [0.1, 0.15) is 16.7 Å². The molecule has 146 valence electrons. The molecule has 27 heavy (non-hydrogen) atoms. The lowest BCUT2D eigenvalue weighted by atomic mass is 10.0. The molecular formula is C21H28N2O4. The molecular weight excluding hydrogens is 344 g/mol. The van der Waals surface area contributed by atoms with Crippen LogP contribution < -0.4 is 24.8 Å². The van der Waals surface area contributed by atoms with Crippen LogP contribution in [0.4, 0.5) is 4.79 Å². The molecule has 0 spiro atoms. The molecule has 0 bridgehead atoms. The average Bonchev–Trinajstić information content (AvgIpc) is 2.69. The van der Waals surface area contributed by atoms with Crippen molar-refractivity contribution in [2.75, 3.05) is 34.4 Å². The van der Waals surface area contributed by atoms with Gasteiger partial charge in [-0.3, -0.25) is 0 Å². The molecule has 0 aliphatic carbocycles. The molecule has 0 heterocycles. The lowest BCUT2D eigenvalue weighted by molar-refractivity contribution is 0.241. The molecule has 0 saturated heterocycles. The van der Waals surface area contributed by atoms with Gasteiger partial charge in [-0.2, -0.15) is 0 Å². The Morgan fingerprint density at radius 3 is 2.04 bits per heavy atom. The summed E-state index contributed by atoms with van der Waals surface area (Å²) in [4.78, 5) is 11.9. The molecule has 2 aromatic carbocycles. The highest BCUT2D eigenvalue weighted by atomic mass is 16.5. The van der Waals surface area contributed by atoms with E-state index in [1.807, 2.05) is 43.3 Å². The van der Waals surface area contributed by atoms with E-state index in [9.17, 15) is 4.79 Å². The second-order valence-corrected chi connectivity index (χ2v) is 6.16. The van der Waals surface area contributed by atoms with E-state index in [0.29, 0.717) is 24.6 Å². The van der Waals surface area contributed by atoms with Crippen LogP contribution in [0.2, 0.25) is 0 Å². The Kier molecular flexibility index (Phi) is 7.79. The Morgan fingerprint density at radius 1 is 0.852 bits per heavy atom. The molecule has 2 rings (SSSR count). The topological polar surface area (TPSA) is 68.8 Å². The number of rotatable bonds is 9. The summed E-state index contributed by atoms with van der Waals surface area (Å²) in [6.45, 7) is 3.14. The Hall–Kier alpha value is -2.89. The quantitative estimate of drug-likeness (QED) is 0.710. The molecule has 0 radical (unpaired) electrons. The number of nitrogens with one attached hydrogen (secondary N) is 2. The highest BCUT2D eigenvalue weighted by Crippen LogP contribution is 2.30. The predicted octanol–water partition coefficient (Wildman–Crippen LogP) is 3.11. The van der Waals surface area contributed by atoms with Gasteiger partial charge in [0.2, 0.25) is 0 Å². The van der Waals surface area contributed by atoms with Crippen molar-refractivity contribution in [3.8, 4) is 17.2 Å². The van der Waals surface area contributed by atoms with E-state index in [4.69, 9.17) is 14.2 Å². The molecule has 0 aliphatic heterocycles. The van der Waals surface area contributed by atoms with Crippen molar-refractivity contribution < 1.29 is 19.0 Å². The van der Waals surface area contributed by atoms with E-state index in [1.54, 1.807) is 21.3 Å². The van der Waals surface area contributed by atoms with Gasteiger partial charge in [0.05, 0.1) is 21.3 Å². The predicted molar refractivity (Wildman–Crippen MR) is 106 cm³/mol. The van der Waals surface area contributed by atoms with E-state index in [2.05, 4.69) is 10.6 Å². The van der Waals surface area contributed by atoms with Crippen LogP contribution in [0.3, 0.4) is 0 Å². The van der Waals surface area contributed by atoms with Gasteiger partial charge < -0.3 is 24.8 Å². The zero-order chi connectivity index (χ0) is 19.6. The monoisotopic (exact) mass is 372 g/mol. The number of aryl methyl sites for hydroxylation is 1. The smallest absolute Gasteiger partial charge is 0.314 e. The number of methoxy groups -OCH3 is 3. The van der Waals surface area contributed by atoms with Crippen molar-refractivity contribution in [1.29, 1.82) is 0 Å². The molecule has 2 amide bonds. The molecule has 0 aliphatic rings. The Balaban J connectivity index is 1.74. The fourth-order valence-electron chi connectivity index (χ4n) is 2.78. The number of benzene rings is 2. The van der Waals surface area contributed by atoms with Gasteiger partial charge in [-0.15, -0.1) is 0 Å². The minimum absolute atomic E-state index is 0.165. The molecule has 0 fully saturated rings. The first-order valence-electron chi connectivity index (χ1n) is 8.93. The SMILES string of the molecule is COc1ccc(CCNC(=O)NCCc2cc(OC)c(OC)cc2C)cc1. The van der Waals surface area contributed by atoms with E-state index in [-0.39, 0.29) is 6.03 Å². The molecule has 6 nitrogen and oxygen atoms in total. The zero-order valence-electron chi connectivity index (χ0n) is 16.4. The zero-order valence-corrected chi connectivity index (χ0v) is 16.4. The normalized spacial score (nSPS) is 10.2. The molecule has 6 heteroatoms. The van der Waals surface area contributed by atoms with Gasteiger partial charge in [-0.25, -0.2) is 4.79 Å². The maximum atomic E-state index is 11.9. The number of hydrogen-bond acceptors (Lipinski definition) is 4. The maximum Gasteiger partial charge on any atom is 0.314 e. The van der Waals surface area contributed by atoms with Crippen molar-refractivity contribution in [3.05, 3.63) is 53.1 Å². The number of ether oxygens (including phenoxy) is 3. The summed E-state index contributed by atoms with van der Waals surface area (Å²) in [7, 11) is 4.88. The third kappa shape index (κ3) is 6.09. The molecule has 2 aromatic rings. The van der Waals surface area contributed by atoms with Crippen LogP contribution in [-0.4, -0.2) is 40.5 Å². The number of urea groups is 1. The standard InChI is InChI=1S/C21H28N2O4/c1-15-13-19(26-3)20(27-4)14-17(15)10-12-23-21(24)22-11-9-16-5-7-18(25-2)8-6-16/h5-8,13-14H,9-12H2,1-4H3,(H2,22,23,24). The minimum atomic E-state index is -0.165. The molecule has 0 saturated carbocycles. The number of hydrogen-bond donors (Lipinski definition) is 2. The summed E-state index contributed by atoms with van der Waals surface area (Å²) in [5.74, 6) is 2.24. The third-order valence-corrected chi connectivity index (χ3v) is 4.38. The van der Waals surface area contributed by atoms with Crippen LogP contribution in [0.15, 0.2) is 36.4 Å². The van der Waals surface area contributed by atoms with E-state index < -0.39 is 0 Å². The van der Waals surface area contributed by atoms with Crippen LogP contribution >= 0.6 is 0 Å². The van der Waals surface area contributed by atoms with Crippen molar-refractivity contribution >= 4 is 6.03 Å². The van der Waals surface area contributed by atoms with Gasteiger partial charge >= 0.3 is 6.03 Å². The van der Waals surface area contributed by atoms with Gasteiger partial charge in [0.15, 0.2) is 11.5 Å². The summed E-state index contributed by atoms with van der Waals surface area (Å²) >= 11 is 0. The summed E-state index contributed by atoms with van der Waals surface area (Å²) in [6.07, 6.45) is 1.49. The first kappa shape index (κ1) is 20.4. The summed E-state index contributed by atoms with van der Waals surface area (Å²) < 4.78 is 15.8. The fourth-order valence-corrected chi connectivity index (χ4v) is 2.78. The Bertz CT molecular complexity index is 745. The van der Waals surface area contributed by atoms with Gasteiger partial charge in [0, 0.05) is 13.1 Å². The third-order valence-electron chi connectivity index (χ3n) is 4.38. The summed E-state index contributed by atoms with van der Waals surface area (Å²) in [5, 5.41) is 5.76. The van der Waals surface area contributed by atoms with Crippen molar-refractivity contribution in [1.82, 2.24) is 10.6 Å². The number of carbonyl (C=O) groups excluding carboxylic acids is 1. The van der Waals surface area contributed by atoms with Gasteiger partial charge in [0.25, 0.3) is 0 Å². The summed E-state index contributed by atoms with van der Waals surface area (Å²) in [6, 6.07) is 11.6. The average molecular weight is 372 g/mol.